The van der Waals surface area contributed by atoms with E-state index >= 15 is 0 Å². The van der Waals surface area contributed by atoms with E-state index in [-0.39, 0.29) is 136 Å². The molecule has 8 aliphatic heterocycles. The number of aliphatic imine (C=N–C) groups is 1. The van der Waals surface area contributed by atoms with Gasteiger partial charge in [0.15, 0.2) is 5.76 Å². The Morgan fingerprint density at radius 2 is 0.729 bits per heavy atom. The Labute approximate surface area is 802 Å². The molecule has 0 saturated heterocycles. The maximum absolute atomic E-state index is 13.0. The summed E-state index contributed by atoms with van der Waals surface area (Å²) < 4.78 is 10.8. The Kier molecular flexibility index (Phi) is 32.0. The first kappa shape index (κ1) is 109. The second-order valence-electron chi connectivity index (χ2n) is 51.8. The Hall–Kier alpha value is -9.71. The lowest BCUT2D eigenvalue weighted by Crippen LogP contribution is -2.50. The first-order valence-corrected chi connectivity index (χ1v) is 48.3. The predicted molar refractivity (Wildman–Crippen MR) is 550 cm³/mol. The summed E-state index contributed by atoms with van der Waals surface area (Å²) in [6.45, 7) is 90.5. The number of carbonyl (C=O) groups excluding carboxylic acids is 7. The van der Waals surface area contributed by atoms with Crippen molar-refractivity contribution in [1.29, 1.82) is 0 Å². The van der Waals surface area contributed by atoms with E-state index < -0.39 is 0 Å². The molecule has 0 bridgehead atoms. The van der Waals surface area contributed by atoms with Gasteiger partial charge in [-0.1, -0.05) is 230 Å². The number of hydrogen-bond acceptors (Lipinski definition) is 11. The average molecular weight is 1820 g/mol. The molecule has 0 spiro atoms. The van der Waals surface area contributed by atoms with E-state index in [1.165, 1.54) is 39.0 Å². The number of amides is 7. The predicted octanol–water partition coefficient (Wildman–Crippen LogP) is 26.5. The van der Waals surface area contributed by atoms with Crippen LogP contribution in [0.2, 0.25) is 0 Å². The highest BCUT2D eigenvalue weighted by Crippen LogP contribution is 2.47. The Bertz CT molecular complexity index is 5240. The SMILES string of the molecule is CC(C)(C)C1=CC2=C(C=CC2)CN(C(C)(C)C)C1=O.CC(C)(C)C1=CC2=C(CC=C2)CN(C(C)(C)C)C1=O.CC(C)(C)C1=CC2=C(CN(C(C)(C)C)C1=O)N=CC2.CC(C)(C)C1=Cc2cnoc2CN(C(C)(C)C)C1=O.CC(C)(C)C1C=CC2=C(C=CC2)N(C(C)(C)C)C1=O.CC(C)(C)C1C=CC2=C(CC=C2)N(C(C)(C)C)C1=O.CC(C)(C)C1C=Cc2ccoc2N(C(C)(C)C)C1=O. The summed E-state index contributed by atoms with van der Waals surface area (Å²) in [5.41, 5.74) is 15.3. The minimum Gasteiger partial charge on any atom is -0.448 e. The monoisotopic (exact) mass is 1820 g/mol. The van der Waals surface area contributed by atoms with E-state index in [4.69, 9.17) is 8.94 Å². The van der Waals surface area contributed by atoms with Gasteiger partial charge in [-0.15, -0.1) is 0 Å². The summed E-state index contributed by atoms with van der Waals surface area (Å²) in [6, 6.07) is 1.91. The highest BCUT2D eigenvalue weighted by Gasteiger charge is 2.47. The van der Waals surface area contributed by atoms with Crippen LogP contribution in [0.25, 0.3) is 12.2 Å². The second-order valence-corrected chi connectivity index (χ2v) is 51.8. The average Bonchev–Trinajstić information content (AvgIpc) is 1.67. The zero-order chi connectivity index (χ0) is 101. The molecular weight excluding hydrogens is 1650 g/mol. The molecule has 0 radical (unpaired) electrons. The van der Waals surface area contributed by atoms with E-state index in [9.17, 15) is 33.6 Å². The van der Waals surface area contributed by atoms with Crippen molar-refractivity contribution in [2.75, 3.05) is 24.5 Å². The highest BCUT2D eigenvalue weighted by atomic mass is 16.5. The van der Waals surface area contributed by atoms with Crippen LogP contribution in [0.4, 0.5) is 5.88 Å². The number of aromatic nitrogens is 1. The number of furan rings is 1. The molecule has 14 rings (SSSR count). The van der Waals surface area contributed by atoms with Gasteiger partial charge < -0.3 is 38.3 Å². The number of rotatable bonds is 0. The third kappa shape index (κ3) is 26.3. The molecule has 0 aromatic carbocycles. The molecule has 3 unspecified atom stereocenters. The quantitative estimate of drug-likeness (QED) is 0.245. The molecule has 133 heavy (non-hydrogen) atoms. The normalized spacial score (nSPS) is 21.1. The van der Waals surface area contributed by atoms with Crippen LogP contribution in [-0.2, 0) is 40.1 Å². The van der Waals surface area contributed by atoms with Crippen molar-refractivity contribution in [3.63, 3.8) is 0 Å². The van der Waals surface area contributed by atoms with Crippen LogP contribution in [0, 0.1) is 55.7 Å². The van der Waals surface area contributed by atoms with Gasteiger partial charge in [0.1, 0.15) is 0 Å². The van der Waals surface area contributed by atoms with Crippen molar-refractivity contribution >= 4 is 65.6 Å². The topological polar surface area (TPSA) is 194 Å². The zero-order valence-corrected chi connectivity index (χ0v) is 90.0. The summed E-state index contributed by atoms with van der Waals surface area (Å²) in [5.74, 6) is 2.26. The standard InChI is InChI=1S/4C17H25NO.C16H24N2O.C16H23NO2.C15H22N2O2/c2*1-16(2,3)14-10-12-8-7-9-13(12)11-18(15(14)19)17(4,5)6;2*1-16(2,3)13-11-10-12-8-7-9-14(12)18(15(13)19)17(4,5)6;1-15(2,3)12-9-11-7-8-17-13(11)10-18(14(12)19)16(4,5)6;1-15(2,3)12-8-7-11-9-10-19-14(11)17(13(12)18)16(4,5)6;1-14(2,3)11-7-10-8-16-19-12(10)9-17(13(11)18)15(4,5)6/h7,9-10H,8,11H2,1-6H3;7-8,10H,9,11H2,1-6H3;7,9-11,13H,8H2,1-6H3;7-8,10-11,13H,9H2,1-6H3;8-9H,7,10H2,1-6H3;7-10,12H,1-6H3;7-8H,9H2,1-6H3. The van der Waals surface area contributed by atoms with E-state index in [1.54, 1.807) is 17.4 Å². The van der Waals surface area contributed by atoms with Gasteiger partial charge >= 0.3 is 0 Å². The first-order chi connectivity index (χ1) is 60.3. The summed E-state index contributed by atoms with van der Waals surface area (Å²) in [7, 11) is 0. The minimum atomic E-state index is -0.306. The Morgan fingerprint density at radius 1 is 0.331 bits per heavy atom. The van der Waals surface area contributed by atoms with Crippen molar-refractivity contribution in [3.8, 4) is 0 Å². The molecule has 0 N–H and O–H groups in total. The summed E-state index contributed by atoms with van der Waals surface area (Å²) in [4.78, 5) is 108. The number of hydrogen-bond donors (Lipinski definition) is 0. The van der Waals surface area contributed by atoms with Gasteiger partial charge in [0.2, 0.25) is 23.6 Å². The lowest BCUT2D eigenvalue weighted by Gasteiger charge is -2.40. The zero-order valence-electron chi connectivity index (χ0n) is 90.0. The van der Waals surface area contributed by atoms with Crippen LogP contribution in [0.5, 0.6) is 0 Å². The molecule has 0 saturated carbocycles. The van der Waals surface area contributed by atoms with Crippen molar-refractivity contribution in [2.24, 2.45) is 60.7 Å². The van der Waals surface area contributed by atoms with Gasteiger partial charge in [0, 0.05) is 116 Å². The van der Waals surface area contributed by atoms with E-state index in [2.05, 4.69) is 351 Å². The minimum absolute atomic E-state index is 0.0550. The van der Waals surface area contributed by atoms with Crippen LogP contribution >= 0.6 is 0 Å². The molecule has 2 aromatic rings. The Balaban J connectivity index is 0.000000191. The van der Waals surface area contributed by atoms with Crippen molar-refractivity contribution < 1.29 is 42.5 Å². The number of fused-ring (bicyclic) bond motifs is 2. The summed E-state index contributed by atoms with van der Waals surface area (Å²) in [6.07, 6.45) is 47.7. The maximum Gasteiger partial charge on any atom is 0.251 e. The number of allylic oxidation sites excluding steroid dienone is 17. The van der Waals surface area contributed by atoms with Gasteiger partial charge in [-0.05, 0) is 278 Å². The molecule has 2 aromatic heterocycles. The molecule has 7 amide bonds. The van der Waals surface area contributed by atoms with E-state index in [0.29, 0.717) is 19.0 Å². The van der Waals surface area contributed by atoms with Crippen LogP contribution in [0.1, 0.15) is 340 Å². The van der Waals surface area contributed by atoms with Gasteiger partial charge in [-0.3, -0.25) is 43.5 Å². The number of nitrogens with zero attached hydrogens (tertiary/aromatic N) is 9. The highest BCUT2D eigenvalue weighted by molar-refractivity contribution is 6.02. The maximum atomic E-state index is 13.0. The van der Waals surface area contributed by atoms with Gasteiger partial charge in [0.05, 0.1) is 49.0 Å². The number of carbonyl (C=O) groups is 7. The lowest BCUT2D eigenvalue weighted by atomic mass is 9.79. The van der Waals surface area contributed by atoms with E-state index in [0.717, 1.165) is 101 Å². The van der Waals surface area contributed by atoms with Crippen molar-refractivity contribution in [2.45, 2.75) is 368 Å². The lowest BCUT2D eigenvalue weighted by molar-refractivity contribution is -0.139. The van der Waals surface area contributed by atoms with Crippen molar-refractivity contribution in [1.82, 2.24) is 34.6 Å². The second kappa shape index (κ2) is 39.2. The fourth-order valence-electron chi connectivity index (χ4n) is 17.8. The molecule has 4 aliphatic carbocycles. The van der Waals surface area contributed by atoms with Crippen LogP contribution in [0.15, 0.2) is 208 Å². The molecular formula is C115H169N9O9. The van der Waals surface area contributed by atoms with Crippen LogP contribution < -0.4 is 4.90 Å². The molecule has 10 heterocycles. The van der Waals surface area contributed by atoms with Crippen LogP contribution in [0.3, 0.4) is 0 Å². The number of anilines is 1. The summed E-state index contributed by atoms with van der Waals surface area (Å²) >= 11 is 0. The van der Waals surface area contributed by atoms with Crippen molar-refractivity contribution in [3.05, 3.63) is 211 Å². The molecule has 18 nitrogen and oxygen atoms in total. The third-order valence-corrected chi connectivity index (χ3v) is 25.6. The third-order valence-electron chi connectivity index (χ3n) is 25.6. The van der Waals surface area contributed by atoms with Gasteiger partial charge in [-0.2, -0.15) is 0 Å². The molecule has 728 valence electrons. The molecule has 12 aliphatic rings. The fraction of sp³-hybridized carbons (Fsp3) is 0.591. The molecule has 0 fully saturated rings. The fourth-order valence-corrected chi connectivity index (χ4v) is 17.8. The molecule has 18 heteroatoms. The smallest absolute Gasteiger partial charge is 0.251 e. The largest absolute Gasteiger partial charge is 0.448 e. The summed E-state index contributed by atoms with van der Waals surface area (Å²) in [5, 5.41) is 3.85. The van der Waals surface area contributed by atoms with E-state index in [1.807, 2.05) is 101 Å². The van der Waals surface area contributed by atoms with Gasteiger partial charge in [-0.25, -0.2) is 0 Å². The Morgan fingerprint density at radius 3 is 1.21 bits per heavy atom. The van der Waals surface area contributed by atoms with Gasteiger partial charge in [0.25, 0.3) is 23.6 Å². The molecule has 3 atom stereocenters. The van der Waals surface area contributed by atoms with Crippen LogP contribution in [-0.4, -0.2) is 141 Å². The first-order valence-electron chi connectivity index (χ1n) is 48.3.